The molecule has 4 heteroatoms. The van der Waals surface area contributed by atoms with Gasteiger partial charge in [-0.1, -0.05) is 54.6 Å². The summed E-state index contributed by atoms with van der Waals surface area (Å²) in [4.78, 5) is 17.1. The molecular formula is C21H17N3O. The lowest BCUT2D eigenvalue weighted by Crippen LogP contribution is -2.25. The summed E-state index contributed by atoms with van der Waals surface area (Å²) in [5, 5.41) is 6.24. The van der Waals surface area contributed by atoms with Crippen molar-refractivity contribution < 1.29 is 0 Å². The number of aromatic nitrogens is 3. The van der Waals surface area contributed by atoms with Crippen molar-refractivity contribution >= 4 is 10.8 Å². The lowest BCUT2D eigenvalue weighted by molar-refractivity contribution is 0.582. The number of fused-ring (bicyclic) bond motifs is 1. The maximum atomic E-state index is 12.8. The van der Waals surface area contributed by atoms with Crippen molar-refractivity contribution in [2.75, 3.05) is 0 Å². The number of aryl methyl sites for hydroxylation is 2. The van der Waals surface area contributed by atoms with Crippen LogP contribution in [0.4, 0.5) is 0 Å². The molecule has 0 N–H and O–H groups in total. The zero-order chi connectivity index (χ0) is 17.1. The quantitative estimate of drug-likeness (QED) is 0.574. The second kappa shape index (κ2) is 6.69. The van der Waals surface area contributed by atoms with E-state index in [-0.39, 0.29) is 5.56 Å². The van der Waals surface area contributed by atoms with Crippen molar-refractivity contribution in [3.05, 3.63) is 95.0 Å². The van der Waals surface area contributed by atoms with Gasteiger partial charge in [0.05, 0.1) is 17.6 Å². The summed E-state index contributed by atoms with van der Waals surface area (Å²) in [6.07, 6.45) is 2.43. The molecule has 0 atom stereocenters. The highest BCUT2D eigenvalue weighted by Gasteiger charge is 2.11. The van der Waals surface area contributed by atoms with Crippen molar-refractivity contribution in [3.63, 3.8) is 0 Å². The molecule has 2 aromatic heterocycles. The number of benzene rings is 2. The molecule has 25 heavy (non-hydrogen) atoms. The third-order valence-corrected chi connectivity index (χ3v) is 4.22. The second-order valence-electron chi connectivity index (χ2n) is 5.86. The summed E-state index contributed by atoms with van der Waals surface area (Å²) in [6.45, 7) is 0.501. The van der Waals surface area contributed by atoms with Gasteiger partial charge in [0.1, 0.15) is 0 Å². The number of hydrogen-bond donors (Lipinski definition) is 0. The molecule has 0 bridgehead atoms. The molecule has 0 fully saturated rings. The van der Waals surface area contributed by atoms with E-state index in [1.807, 2.05) is 72.8 Å². The van der Waals surface area contributed by atoms with Crippen molar-refractivity contribution in [1.82, 2.24) is 14.8 Å². The fraction of sp³-hybridized carbons (Fsp3) is 0.0952. The first-order chi connectivity index (χ1) is 12.3. The number of pyridine rings is 1. The van der Waals surface area contributed by atoms with E-state index in [1.54, 1.807) is 10.9 Å². The molecule has 4 nitrogen and oxygen atoms in total. The summed E-state index contributed by atoms with van der Waals surface area (Å²) in [7, 11) is 0. The van der Waals surface area contributed by atoms with Crippen LogP contribution in [-0.2, 0) is 13.0 Å². The van der Waals surface area contributed by atoms with E-state index in [4.69, 9.17) is 0 Å². The Morgan fingerprint density at radius 1 is 0.800 bits per heavy atom. The van der Waals surface area contributed by atoms with Gasteiger partial charge in [0.15, 0.2) is 0 Å². The van der Waals surface area contributed by atoms with Crippen molar-refractivity contribution in [3.8, 4) is 11.3 Å². The fourth-order valence-electron chi connectivity index (χ4n) is 2.96. The van der Waals surface area contributed by atoms with E-state index >= 15 is 0 Å². The predicted octanol–water partition coefficient (Wildman–Crippen LogP) is 3.70. The molecule has 0 aliphatic rings. The van der Waals surface area contributed by atoms with E-state index < -0.39 is 0 Å². The molecule has 0 spiro atoms. The minimum absolute atomic E-state index is 0.0637. The Balaban J connectivity index is 1.82. The summed E-state index contributed by atoms with van der Waals surface area (Å²) >= 11 is 0. The van der Waals surface area contributed by atoms with Gasteiger partial charge >= 0.3 is 0 Å². The Labute approximate surface area is 145 Å². The zero-order valence-corrected chi connectivity index (χ0v) is 13.7. The molecule has 2 aromatic carbocycles. The highest BCUT2D eigenvalue weighted by molar-refractivity contribution is 5.93. The van der Waals surface area contributed by atoms with Crippen LogP contribution in [0, 0.1) is 0 Å². The Kier molecular flexibility index (Phi) is 4.09. The molecule has 0 saturated carbocycles. The van der Waals surface area contributed by atoms with Crippen LogP contribution in [0.5, 0.6) is 0 Å². The van der Waals surface area contributed by atoms with Crippen LogP contribution in [0.3, 0.4) is 0 Å². The lowest BCUT2D eigenvalue weighted by Gasteiger charge is -2.11. The molecule has 0 aliphatic heterocycles. The summed E-state index contributed by atoms with van der Waals surface area (Å²) in [5.41, 5.74) is 2.72. The highest BCUT2D eigenvalue weighted by atomic mass is 16.1. The molecule has 0 radical (unpaired) electrons. The van der Waals surface area contributed by atoms with E-state index in [0.29, 0.717) is 18.4 Å². The van der Waals surface area contributed by atoms with E-state index in [2.05, 4.69) is 10.1 Å². The maximum absolute atomic E-state index is 12.8. The minimum atomic E-state index is -0.0637. The SMILES string of the molecule is O=c1c2ccccc2c(-c2ccccc2)nn1CCc1ccccn1. The average Bonchev–Trinajstić information content (AvgIpc) is 2.69. The number of nitrogens with zero attached hydrogens (tertiary/aromatic N) is 3. The molecule has 0 saturated heterocycles. The van der Waals surface area contributed by atoms with Gasteiger partial charge in [-0.3, -0.25) is 9.78 Å². The van der Waals surface area contributed by atoms with Gasteiger partial charge in [-0.15, -0.1) is 0 Å². The van der Waals surface area contributed by atoms with E-state index in [0.717, 1.165) is 22.3 Å². The smallest absolute Gasteiger partial charge is 0.267 e. The van der Waals surface area contributed by atoms with Crippen LogP contribution in [0.15, 0.2) is 83.8 Å². The van der Waals surface area contributed by atoms with Crippen LogP contribution in [-0.4, -0.2) is 14.8 Å². The summed E-state index contributed by atoms with van der Waals surface area (Å²) in [6, 6.07) is 23.4. The maximum Gasteiger partial charge on any atom is 0.274 e. The number of hydrogen-bond acceptors (Lipinski definition) is 3. The van der Waals surface area contributed by atoms with E-state index in [9.17, 15) is 4.79 Å². The van der Waals surface area contributed by atoms with Crippen molar-refractivity contribution in [2.24, 2.45) is 0 Å². The van der Waals surface area contributed by atoms with Gasteiger partial charge in [0.2, 0.25) is 0 Å². The third kappa shape index (κ3) is 3.06. The van der Waals surface area contributed by atoms with Crippen molar-refractivity contribution in [1.29, 1.82) is 0 Å². The Morgan fingerprint density at radius 3 is 2.28 bits per heavy atom. The van der Waals surface area contributed by atoms with Crippen LogP contribution in [0.2, 0.25) is 0 Å². The largest absolute Gasteiger partial charge is 0.274 e. The Bertz CT molecular complexity index is 1060. The van der Waals surface area contributed by atoms with Crippen LogP contribution in [0.25, 0.3) is 22.0 Å². The summed E-state index contributed by atoms with van der Waals surface area (Å²) < 4.78 is 1.55. The van der Waals surface area contributed by atoms with Crippen LogP contribution >= 0.6 is 0 Å². The van der Waals surface area contributed by atoms with Crippen LogP contribution < -0.4 is 5.56 Å². The molecule has 0 aliphatic carbocycles. The van der Waals surface area contributed by atoms with Gasteiger partial charge < -0.3 is 0 Å². The van der Waals surface area contributed by atoms with Gasteiger partial charge in [0, 0.05) is 29.3 Å². The fourth-order valence-corrected chi connectivity index (χ4v) is 2.96. The third-order valence-electron chi connectivity index (χ3n) is 4.22. The van der Waals surface area contributed by atoms with Crippen LogP contribution in [0.1, 0.15) is 5.69 Å². The monoisotopic (exact) mass is 327 g/mol. The second-order valence-corrected chi connectivity index (χ2v) is 5.86. The van der Waals surface area contributed by atoms with Gasteiger partial charge in [-0.2, -0.15) is 5.10 Å². The molecule has 2 heterocycles. The zero-order valence-electron chi connectivity index (χ0n) is 13.7. The van der Waals surface area contributed by atoms with Gasteiger partial charge in [-0.25, -0.2) is 4.68 Å². The number of rotatable bonds is 4. The van der Waals surface area contributed by atoms with Crippen molar-refractivity contribution in [2.45, 2.75) is 13.0 Å². The molecule has 0 unspecified atom stereocenters. The first kappa shape index (κ1) is 15.3. The first-order valence-corrected chi connectivity index (χ1v) is 8.28. The van der Waals surface area contributed by atoms with Gasteiger partial charge in [-0.05, 0) is 18.2 Å². The first-order valence-electron chi connectivity index (χ1n) is 8.28. The topological polar surface area (TPSA) is 47.8 Å². The normalized spacial score (nSPS) is 10.9. The summed E-state index contributed by atoms with van der Waals surface area (Å²) in [5.74, 6) is 0. The van der Waals surface area contributed by atoms with E-state index in [1.165, 1.54) is 0 Å². The Morgan fingerprint density at radius 2 is 1.52 bits per heavy atom. The standard InChI is InChI=1S/C21H17N3O/c25-21-19-12-5-4-11-18(19)20(16-8-2-1-3-9-16)23-24(21)15-13-17-10-6-7-14-22-17/h1-12,14H,13,15H2. The molecule has 122 valence electrons. The molecular weight excluding hydrogens is 310 g/mol. The molecule has 4 rings (SSSR count). The van der Waals surface area contributed by atoms with Gasteiger partial charge in [0.25, 0.3) is 5.56 Å². The predicted molar refractivity (Wildman–Crippen MR) is 99.4 cm³/mol. The Hall–Kier alpha value is -3.27. The highest BCUT2D eigenvalue weighted by Crippen LogP contribution is 2.24. The minimum Gasteiger partial charge on any atom is -0.267 e. The average molecular weight is 327 g/mol. The molecule has 0 amide bonds. The molecule has 4 aromatic rings. The lowest BCUT2D eigenvalue weighted by atomic mass is 10.1.